The van der Waals surface area contributed by atoms with Crippen molar-refractivity contribution >= 4 is 17.5 Å². The topological polar surface area (TPSA) is 60.4 Å². The first-order valence-electron chi connectivity index (χ1n) is 14.0. The number of Topliss-reactive ketones (excluding diaryl/α,β-unsaturated/α-hetero) is 1. The smallest absolute Gasteiger partial charge is 0.312 e. The van der Waals surface area contributed by atoms with Gasteiger partial charge in [-0.05, 0) is 92.1 Å². The van der Waals surface area contributed by atoms with Crippen molar-refractivity contribution in [2.75, 3.05) is 7.11 Å². The quantitative estimate of drug-likeness (QED) is 0.382. The van der Waals surface area contributed by atoms with Crippen LogP contribution in [-0.2, 0) is 19.1 Å². The number of esters is 1. The predicted octanol–water partition coefficient (Wildman–Crippen LogP) is 6.88. The third-order valence-electron chi connectivity index (χ3n) is 11.0. The normalized spacial score (nSPS) is 43.7. The maximum absolute atomic E-state index is 14.0. The maximum atomic E-state index is 14.0. The van der Waals surface area contributed by atoms with Crippen LogP contribution in [0.15, 0.2) is 23.3 Å². The second kappa shape index (κ2) is 8.70. The lowest BCUT2D eigenvalue weighted by Gasteiger charge is -2.63. The Bertz CT molecular complexity index is 986. The molecule has 0 aromatic carbocycles. The Labute approximate surface area is 212 Å². The molecule has 0 saturated heterocycles. The van der Waals surface area contributed by atoms with Gasteiger partial charge < -0.3 is 4.74 Å². The number of carbonyl (C=O) groups excluding carboxylic acids is 3. The number of methoxy groups -OCH3 is 1. The van der Waals surface area contributed by atoms with Crippen LogP contribution >= 0.6 is 0 Å². The first-order chi connectivity index (χ1) is 16.4. The minimum absolute atomic E-state index is 0.0466. The van der Waals surface area contributed by atoms with Crippen molar-refractivity contribution in [3.05, 3.63) is 23.3 Å². The SMILES string of the molecule is CC.COC(=O)C12CCC3C(C(=O)C=C4C5(C)C=C(C)C(=O)CC5CCC43C)C1CC(C)(C)CC2. The molecule has 4 heteroatoms. The van der Waals surface area contributed by atoms with Crippen LogP contribution in [0, 0.1) is 45.3 Å². The fourth-order valence-corrected chi connectivity index (χ4v) is 9.08. The average Bonchev–Trinajstić information content (AvgIpc) is 2.82. The van der Waals surface area contributed by atoms with Crippen molar-refractivity contribution in [2.45, 2.75) is 99.8 Å². The highest BCUT2D eigenvalue weighted by molar-refractivity contribution is 5.98. The molecule has 5 aliphatic carbocycles. The van der Waals surface area contributed by atoms with Gasteiger partial charge in [0.05, 0.1) is 12.5 Å². The van der Waals surface area contributed by atoms with Crippen molar-refractivity contribution in [1.82, 2.24) is 0 Å². The minimum Gasteiger partial charge on any atom is -0.469 e. The fourth-order valence-electron chi connectivity index (χ4n) is 9.08. The van der Waals surface area contributed by atoms with E-state index in [0.717, 1.165) is 50.5 Å². The molecule has 0 bridgehead atoms. The van der Waals surface area contributed by atoms with E-state index in [2.05, 4.69) is 33.8 Å². The van der Waals surface area contributed by atoms with Crippen molar-refractivity contribution in [1.29, 1.82) is 0 Å². The molecule has 35 heavy (non-hydrogen) atoms. The lowest BCUT2D eigenvalue weighted by Crippen LogP contribution is -2.60. The van der Waals surface area contributed by atoms with Crippen LogP contribution in [-0.4, -0.2) is 24.6 Å². The van der Waals surface area contributed by atoms with Crippen molar-refractivity contribution in [3.8, 4) is 0 Å². The standard InChI is InChI=1S/C29H40O4.C2H6/c1-17-15-28(5)18(13-21(17)30)7-9-27(4)19-8-10-29(25(32)33-6)12-11-26(2,3)16-20(29)24(19)22(31)14-23(27)28;1-2/h14-15,18-20,24H,7-13,16H2,1-6H3;1-2H3. The van der Waals surface area contributed by atoms with E-state index in [0.29, 0.717) is 6.42 Å². The molecule has 194 valence electrons. The van der Waals surface area contributed by atoms with Gasteiger partial charge in [0.1, 0.15) is 0 Å². The molecule has 4 nitrogen and oxygen atoms in total. The average molecular weight is 483 g/mol. The molecule has 3 fully saturated rings. The number of hydrogen-bond acceptors (Lipinski definition) is 4. The third kappa shape index (κ3) is 3.72. The zero-order valence-electron chi connectivity index (χ0n) is 23.3. The second-order valence-corrected chi connectivity index (χ2v) is 13.1. The van der Waals surface area contributed by atoms with E-state index in [1.165, 1.54) is 12.7 Å². The van der Waals surface area contributed by atoms with Crippen LogP contribution in [0.3, 0.4) is 0 Å². The molecular formula is C31H46O4. The summed E-state index contributed by atoms with van der Waals surface area (Å²) in [6.45, 7) is 15.1. The van der Waals surface area contributed by atoms with Crippen LogP contribution in [0.2, 0.25) is 0 Å². The fraction of sp³-hybridized carbons (Fsp3) is 0.774. The van der Waals surface area contributed by atoms with Crippen molar-refractivity contribution in [2.24, 2.45) is 45.3 Å². The molecule has 5 rings (SSSR count). The molecule has 0 amide bonds. The van der Waals surface area contributed by atoms with Crippen LogP contribution in [0.4, 0.5) is 0 Å². The zero-order chi connectivity index (χ0) is 26.0. The number of rotatable bonds is 1. The van der Waals surface area contributed by atoms with E-state index < -0.39 is 5.41 Å². The van der Waals surface area contributed by atoms with E-state index >= 15 is 0 Å². The van der Waals surface area contributed by atoms with Crippen molar-refractivity contribution < 1.29 is 19.1 Å². The lowest BCUT2D eigenvalue weighted by molar-refractivity contribution is -0.177. The summed E-state index contributed by atoms with van der Waals surface area (Å²) in [5, 5.41) is 0. The molecular weight excluding hydrogens is 436 g/mol. The first-order valence-corrected chi connectivity index (χ1v) is 14.0. The summed E-state index contributed by atoms with van der Waals surface area (Å²) in [6.07, 6.45) is 11.2. The predicted molar refractivity (Wildman–Crippen MR) is 139 cm³/mol. The molecule has 0 N–H and O–H groups in total. The van der Waals surface area contributed by atoms with Gasteiger partial charge in [-0.1, -0.05) is 53.2 Å². The maximum Gasteiger partial charge on any atom is 0.312 e. The highest BCUT2D eigenvalue weighted by Gasteiger charge is 2.65. The van der Waals surface area contributed by atoms with Crippen molar-refractivity contribution in [3.63, 3.8) is 0 Å². The van der Waals surface area contributed by atoms with E-state index in [4.69, 9.17) is 4.74 Å². The summed E-state index contributed by atoms with van der Waals surface area (Å²) in [7, 11) is 1.50. The summed E-state index contributed by atoms with van der Waals surface area (Å²) < 4.78 is 5.37. The molecule has 7 atom stereocenters. The largest absolute Gasteiger partial charge is 0.469 e. The molecule has 7 unspecified atom stereocenters. The van der Waals surface area contributed by atoms with Gasteiger partial charge in [-0.2, -0.15) is 0 Å². The summed E-state index contributed by atoms with van der Waals surface area (Å²) in [6, 6.07) is 0. The van der Waals surface area contributed by atoms with Gasteiger partial charge in [0.15, 0.2) is 11.6 Å². The van der Waals surface area contributed by atoms with Gasteiger partial charge in [-0.3, -0.25) is 14.4 Å². The highest BCUT2D eigenvalue weighted by Crippen LogP contribution is 2.69. The number of allylic oxidation sites excluding steroid dienone is 4. The Kier molecular flexibility index (Phi) is 6.55. The second-order valence-electron chi connectivity index (χ2n) is 13.1. The highest BCUT2D eigenvalue weighted by atomic mass is 16.5. The number of ether oxygens (including phenoxy) is 1. The summed E-state index contributed by atoms with van der Waals surface area (Å²) in [5.41, 5.74) is 1.42. The molecule has 0 radical (unpaired) electrons. The minimum atomic E-state index is -0.516. The van der Waals surface area contributed by atoms with Crippen LogP contribution < -0.4 is 0 Å². The number of fused-ring (bicyclic) bond motifs is 7. The van der Waals surface area contributed by atoms with E-state index in [1.807, 2.05) is 26.8 Å². The summed E-state index contributed by atoms with van der Waals surface area (Å²) in [4.78, 5) is 39.7. The molecule has 0 aliphatic heterocycles. The van der Waals surface area contributed by atoms with Gasteiger partial charge in [-0.25, -0.2) is 0 Å². The first kappa shape index (κ1) is 26.4. The van der Waals surface area contributed by atoms with E-state index in [9.17, 15) is 14.4 Å². The van der Waals surface area contributed by atoms with E-state index in [-0.39, 0.29) is 57.5 Å². The van der Waals surface area contributed by atoms with Gasteiger partial charge in [0, 0.05) is 17.8 Å². The molecule has 5 aliphatic rings. The van der Waals surface area contributed by atoms with E-state index in [1.54, 1.807) is 0 Å². The Morgan fingerprint density at radius 2 is 1.66 bits per heavy atom. The molecule has 0 heterocycles. The van der Waals surface area contributed by atoms with Gasteiger partial charge in [0.2, 0.25) is 0 Å². The molecule has 3 saturated carbocycles. The van der Waals surface area contributed by atoms with Crippen LogP contribution in [0.5, 0.6) is 0 Å². The number of carbonyl (C=O) groups is 3. The molecule has 0 aromatic rings. The zero-order valence-corrected chi connectivity index (χ0v) is 23.3. The Balaban J connectivity index is 0.00000141. The summed E-state index contributed by atoms with van der Waals surface area (Å²) >= 11 is 0. The Morgan fingerprint density at radius 3 is 2.31 bits per heavy atom. The third-order valence-corrected chi connectivity index (χ3v) is 11.0. The summed E-state index contributed by atoms with van der Waals surface area (Å²) in [5.74, 6) is 0.843. The Morgan fingerprint density at radius 1 is 0.971 bits per heavy atom. The van der Waals surface area contributed by atoms with Crippen LogP contribution in [0.1, 0.15) is 99.8 Å². The number of ketones is 2. The van der Waals surface area contributed by atoms with Gasteiger partial charge in [0.25, 0.3) is 0 Å². The Hall–Kier alpha value is -1.71. The lowest BCUT2D eigenvalue weighted by atomic mass is 9.40. The monoisotopic (exact) mass is 482 g/mol. The van der Waals surface area contributed by atoms with Gasteiger partial charge >= 0.3 is 5.97 Å². The van der Waals surface area contributed by atoms with Crippen LogP contribution in [0.25, 0.3) is 0 Å². The van der Waals surface area contributed by atoms with Gasteiger partial charge in [-0.15, -0.1) is 0 Å². The number of hydrogen-bond donors (Lipinski definition) is 0. The molecule has 0 aromatic heterocycles. The molecule has 0 spiro atoms.